The van der Waals surface area contributed by atoms with Crippen molar-refractivity contribution in [2.75, 3.05) is 13.1 Å². The molecule has 0 unspecified atom stereocenters. The smallest absolute Gasteiger partial charge is 0.476 e. The molecule has 44 valence electrons. The molecule has 0 N–H and O–H groups in total. The van der Waals surface area contributed by atoms with Crippen molar-refractivity contribution in [2.24, 2.45) is 5.92 Å². The summed E-state index contributed by atoms with van der Waals surface area (Å²) in [6.07, 6.45) is 8.13. The van der Waals surface area contributed by atoms with Gasteiger partial charge >= 0.3 is 18.9 Å². The largest absolute Gasteiger partial charge is 1.00 e. The van der Waals surface area contributed by atoms with Crippen LogP contribution < -0.4 is 18.9 Å². The molecule has 3 rings (SSSR count). The Morgan fingerprint density at radius 2 is 2.00 bits per heavy atom. The second kappa shape index (κ2) is 2.81. The summed E-state index contributed by atoms with van der Waals surface area (Å²) >= 11 is 0. The predicted octanol–water partition coefficient (Wildman–Crippen LogP) is -1.97. The molecule has 0 radical (unpaired) electrons. The van der Waals surface area contributed by atoms with Crippen LogP contribution in [0.1, 0.15) is 12.8 Å². The van der Waals surface area contributed by atoms with Crippen molar-refractivity contribution >= 4 is 0 Å². The number of nitrogens with zero attached hydrogens (tertiary/aromatic N) is 1. The Morgan fingerprint density at radius 1 is 1.33 bits per heavy atom. The number of rotatable bonds is 0. The van der Waals surface area contributed by atoms with Crippen LogP contribution in [0, 0.1) is 12.0 Å². The summed E-state index contributed by atoms with van der Waals surface area (Å²) in [5.41, 5.74) is 0. The Bertz CT molecular complexity index is 100. The first-order valence-corrected chi connectivity index (χ1v) is 3.28. The molecule has 2 heteroatoms. The molecule has 0 saturated carbocycles. The Labute approximate surface area is 68.3 Å². The van der Waals surface area contributed by atoms with Crippen LogP contribution in [0.25, 0.3) is 0 Å². The summed E-state index contributed by atoms with van der Waals surface area (Å²) in [7, 11) is 0. The van der Waals surface area contributed by atoms with E-state index in [9.17, 15) is 0 Å². The van der Waals surface area contributed by atoms with Crippen LogP contribution >= 0.6 is 0 Å². The van der Waals surface area contributed by atoms with E-state index in [2.05, 4.69) is 17.2 Å². The number of hydrogen-bond acceptors (Lipinski definition) is 1. The fraction of sp³-hybridized carbons (Fsp3) is 0.714. The zero-order valence-corrected chi connectivity index (χ0v) is 5.93. The quantitative estimate of drug-likeness (QED) is 0.261. The molecule has 9 heavy (non-hydrogen) atoms. The van der Waals surface area contributed by atoms with Crippen molar-refractivity contribution in [3.8, 4) is 0 Å². The molecule has 0 aliphatic carbocycles. The fourth-order valence-corrected chi connectivity index (χ4v) is 1.41. The van der Waals surface area contributed by atoms with Crippen molar-refractivity contribution in [3.05, 3.63) is 12.3 Å². The van der Waals surface area contributed by atoms with Crippen molar-refractivity contribution in [3.63, 3.8) is 0 Å². The number of piperidine rings is 1. The van der Waals surface area contributed by atoms with E-state index in [0.717, 1.165) is 5.92 Å². The van der Waals surface area contributed by atoms with E-state index in [1.165, 1.54) is 25.9 Å². The predicted molar refractivity (Wildman–Crippen MR) is 32.1 cm³/mol. The first-order chi connectivity index (χ1) is 3.95. The molecule has 3 heterocycles. The topological polar surface area (TPSA) is 3.24 Å². The summed E-state index contributed by atoms with van der Waals surface area (Å²) in [6, 6.07) is 0. The Kier molecular flexibility index (Phi) is 2.27. The molecular weight excluding hydrogens is 105 g/mol. The molecule has 1 saturated heterocycles. The maximum atomic E-state index is 3.32. The summed E-state index contributed by atoms with van der Waals surface area (Å²) < 4.78 is 0. The zero-order chi connectivity index (χ0) is 5.40. The van der Waals surface area contributed by atoms with Gasteiger partial charge in [-0.2, -0.15) is 12.1 Å². The molecule has 3 aliphatic rings. The molecule has 0 aromatic rings. The van der Waals surface area contributed by atoms with Gasteiger partial charge in [0.05, 0.1) is 0 Å². The zero-order valence-electron chi connectivity index (χ0n) is 5.93. The van der Waals surface area contributed by atoms with E-state index in [1.807, 2.05) is 0 Å². The molecule has 0 aromatic heterocycles. The van der Waals surface area contributed by atoms with Gasteiger partial charge in [0.25, 0.3) is 0 Å². The maximum Gasteiger partial charge on any atom is 1.00 e. The summed E-state index contributed by atoms with van der Waals surface area (Å²) in [4.78, 5) is 2.35. The minimum absolute atomic E-state index is 0. The standard InChI is InChI=1S/C7H10N.Li/c1-4-8-5-2-7(1)3-6-8;/h6-7H,1-2,4-5H2;/q-1;+1. The van der Waals surface area contributed by atoms with E-state index in [4.69, 9.17) is 0 Å². The number of allylic oxidation sites excluding steroid dienone is 1. The second-order valence-corrected chi connectivity index (χ2v) is 2.61. The third-order valence-corrected chi connectivity index (χ3v) is 2.02. The molecule has 3 aliphatic heterocycles. The van der Waals surface area contributed by atoms with Crippen molar-refractivity contribution in [1.29, 1.82) is 0 Å². The number of hydrogen-bond donors (Lipinski definition) is 0. The minimum atomic E-state index is 0. The maximum absolute atomic E-state index is 3.32. The van der Waals surface area contributed by atoms with E-state index < -0.39 is 0 Å². The Morgan fingerprint density at radius 3 is 2.11 bits per heavy atom. The van der Waals surface area contributed by atoms with Crippen LogP contribution in [0.4, 0.5) is 0 Å². The third kappa shape index (κ3) is 1.34. The molecule has 0 spiro atoms. The molecule has 0 aromatic carbocycles. The Balaban J connectivity index is 0.000000405. The van der Waals surface area contributed by atoms with Crippen molar-refractivity contribution < 1.29 is 18.9 Å². The first-order valence-electron chi connectivity index (χ1n) is 3.28. The van der Waals surface area contributed by atoms with Gasteiger partial charge in [0.15, 0.2) is 0 Å². The third-order valence-electron chi connectivity index (χ3n) is 2.02. The molecule has 1 nitrogen and oxygen atoms in total. The summed E-state index contributed by atoms with van der Waals surface area (Å²) in [5, 5.41) is 0. The summed E-state index contributed by atoms with van der Waals surface area (Å²) in [5.74, 6) is 0.806. The van der Waals surface area contributed by atoms with Gasteiger partial charge in [-0.3, -0.25) is 0 Å². The van der Waals surface area contributed by atoms with Crippen molar-refractivity contribution in [2.45, 2.75) is 12.8 Å². The van der Waals surface area contributed by atoms with Crippen LogP contribution in [0.15, 0.2) is 6.20 Å². The Hall–Kier alpha value is 0.137. The minimum Gasteiger partial charge on any atom is -0.476 e. The SMILES string of the molecule is [C-]1=CN2CCC1CC2.[Li+]. The van der Waals surface area contributed by atoms with Gasteiger partial charge in [-0.25, -0.2) is 0 Å². The van der Waals surface area contributed by atoms with Crippen LogP contribution in [0.3, 0.4) is 0 Å². The van der Waals surface area contributed by atoms with Crippen LogP contribution in [0.5, 0.6) is 0 Å². The van der Waals surface area contributed by atoms with E-state index >= 15 is 0 Å². The molecule has 1 fully saturated rings. The molecule has 0 atom stereocenters. The fourth-order valence-electron chi connectivity index (χ4n) is 1.41. The van der Waals surface area contributed by atoms with Crippen LogP contribution in [0.2, 0.25) is 0 Å². The van der Waals surface area contributed by atoms with Gasteiger partial charge in [-0.15, -0.1) is 0 Å². The van der Waals surface area contributed by atoms with Gasteiger partial charge in [0, 0.05) is 13.1 Å². The van der Waals surface area contributed by atoms with Gasteiger partial charge in [0.1, 0.15) is 0 Å². The van der Waals surface area contributed by atoms with Crippen LogP contribution in [-0.2, 0) is 0 Å². The normalized spacial score (nSPS) is 24.2. The average Bonchev–Trinajstić information content (AvgIpc) is 1.92. The molecular formula is C7H10LiN. The monoisotopic (exact) mass is 115 g/mol. The van der Waals surface area contributed by atoms with Gasteiger partial charge in [-0.1, -0.05) is 12.8 Å². The number of fused-ring (bicyclic) bond motifs is 2. The molecule has 2 bridgehead atoms. The van der Waals surface area contributed by atoms with E-state index in [0.29, 0.717) is 0 Å². The van der Waals surface area contributed by atoms with E-state index in [1.54, 1.807) is 0 Å². The van der Waals surface area contributed by atoms with Gasteiger partial charge in [-0.05, 0) is 0 Å². The van der Waals surface area contributed by atoms with Gasteiger partial charge < -0.3 is 11.0 Å². The summed E-state index contributed by atoms with van der Waals surface area (Å²) in [6.45, 7) is 2.55. The van der Waals surface area contributed by atoms with Gasteiger partial charge in [0.2, 0.25) is 0 Å². The van der Waals surface area contributed by atoms with Crippen LogP contribution in [-0.4, -0.2) is 18.0 Å². The molecule has 0 amide bonds. The van der Waals surface area contributed by atoms with Crippen molar-refractivity contribution in [1.82, 2.24) is 4.90 Å². The second-order valence-electron chi connectivity index (χ2n) is 2.61. The van der Waals surface area contributed by atoms with E-state index in [-0.39, 0.29) is 18.9 Å². The average molecular weight is 115 g/mol. The first kappa shape index (κ1) is 7.25.